The molecule has 2 rings (SSSR count). The quantitative estimate of drug-likeness (QED) is 0.423. The maximum Gasteiger partial charge on any atom is 0.348 e. The first-order valence-electron chi connectivity index (χ1n) is 8.77. The molecule has 1 aromatic rings. The number of carbonyl (C=O) groups is 1. The van der Waals surface area contributed by atoms with Crippen molar-refractivity contribution in [3.8, 4) is 17.6 Å². The molecule has 0 unspecified atom stereocenters. The van der Waals surface area contributed by atoms with E-state index in [4.69, 9.17) is 19.5 Å². The van der Waals surface area contributed by atoms with Crippen molar-refractivity contribution in [2.45, 2.75) is 39.0 Å². The first kappa shape index (κ1) is 18.9. The number of rotatable bonds is 7. The number of hydrogen-bond donors (Lipinski definition) is 0. The number of hydrogen-bond acceptors (Lipinski definition) is 5. The fraction of sp³-hybridized carbons (Fsp3) is 0.500. The van der Waals surface area contributed by atoms with E-state index in [1.54, 1.807) is 26.2 Å². The van der Waals surface area contributed by atoms with E-state index in [2.05, 4.69) is 0 Å². The minimum atomic E-state index is -0.624. The van der Waals surface area contributed by atoms with Gasteiger partial charge >= 0.3 is 5.97 Å². The Morgan fingerprint density at radius 1 is 1.28 bits per heavy atom. The smallest absolute Gasteiger partial charge is 0.348 e. The third-order valence-corrected chi connectivity index (χ3v) is 4.31. The molecule has 0 aliphatic heterocycles. The zero-order valence-corrected chi connectivity index (χ0v) is 14.9. The van der Waals surface area contributed by atoms with E-state index in [1.807, 2.05) is 12.1 Å². The van der Waals surface area contributed by atoms with Crippen LogP contribution < -0.4 is 9.47 Å². The number of methoxy groups -OCH3 is 1. The SMILES string of the molecule is CCOC(=O)/C(C#N)=C/c1ccc(OCC2CCCCC2)c(OC)c1. The van der Waals surface area contributed by atoms with Gasteiger partial charge in [-0.05, 0) is 49.5 Å². The van der Waals surface area contributed by atoms with Crippen molar-refractivity contribution in [2.75, 3.05) is 20.3 Å². The minimum absolute atomic E-state index is 0.0419. The summed E-state index contributed by atoms with van der Waals surface area (Å²) in [6, 6.07) is 7.24. The van der Waals surface area contributed by atoms with Crippen LogP contribution in [-0.4, -0.2) is 26.3 Å². The summed E-state index contributed by atoms with van der Waals surface area (Å²) in [6.07, 6.45) is 7.80. The molecule has 1 aromatic carbocycles. The Bertz CT molecular complexity index is 654. The van der Waals surface area contributed by atoms with Gasteiger partial charge < -0.3 is 14.2 Å². The molecule has 1 aliphatic rings. The van der Waals surface area contributed by atoms with Crippen LogP contribution in [0.4, 0.5) is 0 Å². The summed E-state index contributed by atoms with van der Waals surface area (Å²) in [5.41, 5.74) is 0.645. The van der Waals surface area contributed by atoms with Crippen molar-refractivity contribution in [3.05, 3.63) is 29.3 Å². The molecule has 1 saturated carbocycles. The lowest BCUT2D eigenvalue weighted by Gasteiger charge is -2.22. The van der Waals surface area contributed by atoms with Crippen LogP contribution in [0.3, 0.4) is 0 Å². The van der Waals surface area contributed by atoms with Gasteiger partial charge in [-0.25, -0.2) is 4.79 Å². The fourth-order valence-corrected chi connectivity index (χ4v) is 2.97. The van der Waals surface area contributed by atoms with Gasteiger partial charge in [-0.15, -0.1) is 0 Å². The van der Waals surface area contributed by atoms with Gasteiger partial charge in [0.25, 0.3) is 0 Å². The molecule has 0 bridgehead atoms. The summed E-state index contributed by atoms with van der Waals surface area (Å²) in [4.78, 5) is 11.7. The molecule has 0 heterocycles. The van der Waals surface area contributed by atoms with E-state index in [0.29, 0.717) is 29.6 Å². The van der Waals surface area contributed by atoms with Gasteiger partial charge in [0, 0.05) is 0 Å². The standard InChI is InChI=1S/C20H25NO4/c1-3-24-20(22)17(13-21)11-16-9-10-18(19(12-16)23-2)25-14-15-7-5-4-6-8-15/h9-12,15H,3-8,14H2,1-2H3/b17-11+. The fourth-order valence-electron chi connectivity index (χ4n) is 2.97. The summed E-state index contributed by atoms with van der Waals surface area (Å²) in [5.74, 6) is 1.25. The van der Waals surface area contributed by atoms with Crippen molar-refractivity contribution in [1.29, 1.82) is 5.26 Å². The predicted molar refractivity (Wildman–Crippen MR) is 95.3 cm³/mol. The van der Waals surface area contributed by atoms with Gasteiger partial charge in [0.15, 0.2) is 11.5 Å². The lowest BCUT2D eigenvalue weighted by molar-refractivity contribution is -0.137. The van der Waals surface area contributed by atoms with Gasteiger partial charge in [-0.1, -0.05) is 25.3 Å². The van der Waals surface area contributed by atoms with E-state index in [-0.39, 0.29) is 12.2 Å². The van der Waals surface area contributed by atoms with Crippen molar-refractivity contribution in [2.24, 2.45) is 5.92 Å². The highest BCUT2D eigenvalue weighted by atomic mass is 16.5. The molecule has 1 aliphatic carbocycles. The van der Waals surface area contributed by atoms with Crippen LogP contribution in [0.5, 0.6) is 11.5 Å². The van der Waals surface area contributed by atoms with Gasteiger partial charge in [0.2, 0.25) is 0 Å². The Balaban J connectivity index is 2.09. The second-order valence-corrected chi connectivity index (χ2v) is 6.12. The number of nitriles is 1. The van der Waals surface area contributed by atoms with Crippen molar-refractivity contribution < 1.29 is 19.0 Å². The first-order chi connectivity index (χ1) is 12.2. The van der Waals surface area contributed by atoms with Crippen LogP contribution in [0.15, 0.2) is 23.8 Å². The molecule has 0 saturated heterocycles. The van der Waals surface area contributed by atoms with Crippen LogP contribution in [0.1, 0.15) is 44.6 Å². The van der Waals surface area contributed by atoms with E-state index >= 15 is 0 Å². The summed E-state index contributed by atoms with van der Waals surface area (Å²) < 4.78 is 16.2. The highest BCUT2D eigenvalue weighted by Crippen LogP contribution is 2.31. The van der Waals surface area contributed by atoms with Gasteiger partial charge in [0.1, 0.15) is 11.6 Å². The Hall–Kier alpha value is -2.48. The van der Waals surface area contributed by atoms with Gasteiger partial charge in [-0.3, -0.25) is 0 Å². The van der Waals surface area contributed by atoms with Crippen LogP contribution in [-0.2, 0) is 9.53 Å². The summed E-state index contributed by atoms with van der Waals surface area (Å²) in [7, 11) is 1.58. The lowest BCUT2D eigenvalue weighted by atomic mass is 9.90. The molecule has 0 spiro atoms. The van der Waals surface area contributed by atoms with E-state index < -0.39 is 5.97 Å². The third kappa shape index (κ3) is 5.53. The molecule has 134 valence electrons. The van der Waals surface area contributed by atoms with Gasteiger partial charge in [0.05, 0.1) is 20.3 Å². The average molecular weight is 343 g/mol. The Labute approximate surface area is 149 Å². The molecule has 0 amide bonds. The maximum atomic E-state index is 11.7. The Morgan fingerprint density at radius 2 is 2.04 bits per heavy atom. The topological polar surface area (TPSA) is 68.6 Å². The number of ether oxygens (including phenoxy) is 3. The summed E-state index contributed by atoms with van der Waals surface area (Å²) in [6.45, 7) is 2.63. The lowest BCUT2D eigenvalue weighted by Crippen LogP contribution is -2.15. The first-order valence-corrected chi connectivity index (χ1v) is 8.77. The largest absolute Gasteiger partial charge is 0.493 e. The van der Waals surface area contributed by atoms with Crippen LogP contribution >= 0.6 is 0 Å². The highest BCUT2D eigenvalue weighted by Gasteiger charge is 2.16. The molecule has 0 N–H and O–H groups in total. The zero-order chi connectivity index (χ0) is 18.1. The van der Waals surface area contributed by atoms with Gasteiger partial charge in [-0.2, -0.15) is 5.26 Å². The number of nitrogens with zero attached hydrogens (tertiary/aromatic N) is 1. The number of esters is 1. The molecule has 0 radical (unpaired) electrons. The van der Waals surface area contributed by atoms with Crippen molar-refractivity contribution >= 4 is 12.0 Å². The number of benzene rings is 1. The zero-order valence-electron chi connectivity index (χ0n) is 14.9. The molecular weight excluding hydrogens is 318 g/mol. The molecule has 0 atom stereocenters. The van der Waals surface area contributed by atoms with Crippen molar-refractivity contribution in [3.63, 3.8) is 0 Å². The summed E-state index contributed by atoms with van der Waals surface area (Å²) in [5, 5.41) is 9.12. The molecule has 1 fully saturated rings. The molecular formula is C20H25NO4. The average Bonchev–Trinajstić information content (AvgIpc) is 2.65. The molecule has 25 heavy (non-hydrogen) atoms. The Kier molecular flexibility index (Phi) is 7.34. The second-order valence-electron chi connectivity index (χ2n) is 6.12. The normalized spacial score (nSPS) is 15.3. The maximum absolute atomic E-state index is 11.7. The second kappa shape index (κ2) is 9.73. The third-order valence-electron chi connectivity index (χ3n) is 4.31. The predicted octanol–water partition coefficient (Wildman–Crippen LogP) is 4.12. The molecule has 5 nitrogen and oxygen atoms in total. The molecule has 5 heteroatoms. The van der Waals surface area contributed by atoms with E-state index in [9.17, 15) is 4.79 Å². The van der Waals surface area contributed by atoms with Crippen LogP contribution in [0.2, 0.25) is 0 Å². The van der Waals surface area contributed by atoms with Crippen LogP contribution in [0, 0.1) is 17.2 Å². The van der Waals surface area contributed by atoms with Crippen molar-refractivity contribution in [1.82, 2.24) is 0 Å². The van der Waals surface area contributed by atoms with E-state index in [1.165, 1.54) is 38.2 Å². The summed E-state index contributed by atoms with van der Waals surface area (Å²) >= 11 is 0. The Morgan fingerprint density at radius 3 is 2.68 bits per heavy atom. The monoisotopic (exact) mass is 343 g/mol. The molecule has 0 aromatic heterocycles. The minimum Gasteiger partial charge on any atom is -0.493 e. The highest BCUT2D eigenvalue weighted by molar-refractivity contribution is 5.97. The van der Waals surface area contributed by atoms with Crippen LogP contribution in [0.25, 0.3) is 6.08 Å². The van der Waals surface area contributed by atoms with E-state index in [0.717, 1.165) is 0 Å². The number of carbonyl (C=O) groups excluding carboxylic acids is 1.